The minimum Gasteiger partial charge on any atom is -0.496 e. The molecule has 0 aromatic heterocycles. The average molecular weight is 257 g/mol. The number of ether oxygens (including phenoxy) is 1. The lowest BCUT2D eigenvalue weighted by Gasteiger charge is -2.03. The summed E-state index contributed by atoms with van der Waals surface area (Å²) < 4.78 is 5.28. The van der Waals surface area contributed by atoms with Gasteiger partial charge in [0.15, 0.2) is 0 Å². The maximum absolute atomic E-state index is 5.28. The highest BCUT2D eigenvalue weighted by Gasteiger charge is 1.97. The highest BCUT2D eigenvalue weighted by molar-refractivity contribution is 7.98. The van der Waals surface area contributed by atoms with Gasteiger partial charge in [-0.15, -0.1) is 11.8 Å². The molecule has 18 heavy (non-hydrogen) atoms. The Morgan fingerprint density at radius 2 is 1.78 bits per heavy atom. The first-order valence-electron chi connectivity index (χ1n) is 5.64. The van der Waals surface area contributed by atoms with Gasteiger partial charge in [-0.25, -0.2) is 0 Å². The van der Waals surface area contributed by atoms with Gasteiger partial charge in [-0.05, 0) is 42.7 Å². The smallest absolute Gasteiger partial charge is 0.127 e. The fourth-order valence-corrected chi connectivity index (χ4v) is 1.99. The standard InChI is InChI=1S/C15H15NOS/c1-17-15-6-4-3-5-12(15)11-16-13-7-9-14(18-2)10-8-13/h3-11H,1-2H3. The summed E-state index contributed by atoms with van der Waals surface area (Å²) in [4.78, 5) is 5.69. The van der Waals surface area contributed by atoms with E-state index in [1.807, 2.05) is 42.6 Å². The normalized spacial score (nSPS) is 10.8. The van der Waals surface area contributed by atoms with E-state index in [-0.39, 0.29) is 0 Å². The van der Waals surface area contributed by atoms with Crippen molar-refractivity contribution in [1.29, 1.82) is 0 Å². The SMILES string of the molecule is COc1ccccc1C=Nc1ccc(SC)cc1. The highest BCUT2D eigenvalue weighted by atomic mass is 32.2. The Labute approximate surface area is 112 Å². The fourth-order valence-electron chi connectivity index (χ4n) is 1.59. The third-order valence-electron chi connectivity index (χ3n) is 2.56. The van der Waals surface area contributed by atoms with Crippen molar-refractivity contribution in [1.82, 2.24) is 0 Å². The van der Waals surface area contributed by atoms with Gasteiger partial charge in [0.05, 0.1) is 12.8 Å². The molecule has 0 unspecified atom stereocenters. The molecule has 2 aromatic carbocycles. The molecule has 0 saturated heterocycles. The number of aliphatic imine (C=N–C) groups is 1. The zero-order chi connectivity index (χ0) is 12.8. The maximum atomic E-state index is 5.28. The van der Waals surface area contributed by atoms with E-state index >= 15 is 0 Å². The van der Waals surface area contributed by atoms with Crippen LogP contribution in [0.25, 0.3) is 0 Å². The van der Waals surface area contributed by atoms with E-state index in [1.54, 1.807) is 18.9 Å². The molecule has 2 rings (SSSR count). The third-order valence-corrected chi connectivity index (χ3v) is 3.31. The van der Waals surface area contributed by atoms with E-state index in [9.17, 15) is 0 Å². The molecule has 0 heterocycles. The van der Waals surface area contributed by atoms with Crippen LogP contribution >= 0.6 is 11.8 Å². The van der Waals surface area contributed by atoms with Crippen LogP contribution in [0.5, 0.6) is 5.75 Å². The molecule has 0 aliphatic rings. The van der Waals surface area contributed by atoms with E-state index < -0.39 is 0 Å². The Kier molecular flexibility index (Phi) is 4.42. The molecule has 2 aromatic rings. The number of nitrogens with zero attached hydrogens (tertiary/aromatic N) is 1. The van der Waals surface area contributed by atoms with Crippen LogP contribution in [0, 0.1) is 0 Å². The molecule has 0 radical (unpaired) electrons. The first kappa shape index (κ1) is 12.7. The van der Waals surface area contributed by atoms with Crippen molar-refractivity contribution >= 4 is 23.7 Å². The highest BCUT2D eigenvalue weighted by Crippen LogP contribution is 2.20. The number of hydrogen-bond donors (Lipinski definition) is 0. The van der Waals surface area contributed by atoms with E-state index in [0.29, 0.717) is 0 Å². The Hall–Kier alpha value is -1.74. The van der Waals surface area contributed by atoms with E-state index in [4.69, 9.17) is 4.74 Å². The first-order valence-corrected chi connectivity index (χ1v) is 6.87. The van der Waals surface area contributed by atoms with Crippen molar-refractivity contribution < 1.29 is 4.74 Å². The molecular weight excluding hydrogens is 242 g/mol. The van der Waals surface area contributed by atoms with Gasteiger partial charge in [-0.3, -0.25) is 4.99 Å². The summed E-state index contributed by atoms with van der Waals surface area (Å²) in [6.07, 6.45) is 3.89. The van der Waals surface area contributed by atoms with Gasteiger partial charge in [-0.2, -0.15) is 0 Å². The molecule has 0 saturated carbocycles. The molecule has 0 aliphatic heterocycles. The summed E-state index contributed by atoms with van der Waals surface area (Å²) in [5.74, 6) is 0.835. The minimum absolute atomic E-state index is 0.835. The molecule has 0 spiro atoms. The topological polar surface area (TPSA) is 21.6 Å². The zero-order valence-electron chi connectivity index (χ0n) is 10.5. The van der Waals surface area contributed by atoms with Crippen LogP contribution in [-0.2, 0) is 0 Å². The Balaban J connectivity index is 2.19. The largest absolute Gasteiger partial charge is 0.496 e. The summed E-state index contributed by atoms with van der Waals surface area (Å²) in [6.45, 7) is 0. The summed E-state index contributed by atoms with van der Waals surface area (Å²) in [5, 5.41) is 0. The van der Waals surface area contributed by atoms with Crippen LogP contribution < -0.4 is 4.74 Å². The van der Waals surface area contributed by atoms with Crippen LogP contribution in [-0.4, -0.2) is 19.6 Å². The van der Waals surface area contributed by atoms with Crippen molar-refractivity contribution in [2.24, 2.45) is 4.99 Å². The van der Waals surface area contributed by atoms with Crippen LogP contribution in [0.1, 0.15) is 5.56 Å². The predicted octanol–water partition coefficient (Wildman–Crippen LogP) is 4.17. The van der Waals surface area contributed by atoms with Crippen molar-refractivity contribution in [3.05, 3.63) is 54.1 Å². The zero-order valence-corrected chi connectivity index (χ0v) is 11.3. The molecule has 0 fully saturated rings. The van der Waals surface area contributed by atoms with Crippen molar-refractivity contribution in [2.75, 3.05) is 13.4 Å². The second-order valence-corrected chi connectivity index (χ2v) is 4.58. The van der Waals surface area contributed by atoms with Gasteiger partial charge in [0, 0.05) is 16.7 Å². The predicted molar refractivity (Wildman–Crippen MR) is 78.5 cm³/mol. The molecule has 0 aliphatic carbocycles. The van der Waals surface area contributed by atoms with Crippen molar-refractivity contribution in [3.8, 4) is 5.75 Å². The van der Waals surface area contributed by atoms with Gasteiger partial charge in [0.2, 0.25) is 0 Å². The van der Waals surface area contributed by atoms with Gasteiger partial charge >= 0.3 is 0 Å². The Morgan fingerprint density at radius 1 is 1.06 bits per heavy atom. The van der Waals surface area contributed by atoms with E-state index in [0.717, 1.165) is 17.0 Å². The monoisotopic (exact) mass is 257 g/mol. The van der Waals surface area contributed by atoms with Gasteiger partial charge < -0.3 is 4.74 Å². The van der Waals surface area contributed by atoms with Crippen molar-refractivity contribution in [2.45, 2.75) is 4.90 Å². The van der Waals surface area contributed by atoms with Crippen LogP contribution in [0.4, 0.5) is 5.69 Å². The van der Waals surface area contributed by atoms with E-state index in [2.05, 4.69) is 23.4 Å². The molecule has 0 atom stereocenters. The molecule has 92 valence electrons. The van der Waals surface area contributed by atoms with Crippen LogP contribution in [0.15, 0.2) is 58.4 Å². The number of hydrogen-bond acceptors (Lipinski definition) is 3. The van der Waals surface area contributed by atoms with Gasteiger partial charge in [-0.1, -0.05) is 12.1 Å². The number of rotatable bonds is 4. The van der Waals surface area contributed by atoms with E-state index in [1.165, 1.54) is 4.90 Å². The second kappa shape index (κ2) is 6.26. The lowest BCUT2D eigenvalue weighted by Crippen LogP contribution is -1.89. The van der Waals surface area contributed by atoms with Gasteiger partial charge in [0.25, 0.3) is 0 Å². The second-order valence-electron chi connectivity index (χ2n) is 3.70. The lowest BCUT2D eigenvalue weighted by atomic mass is 10.2. The fraction of sp³-hybridized carbons (Fsp3) is 0.133. The summed E-state index contributed by atoms with van der Waals surface area (Å²) in [7, 11) is 1.67. The number of methoxy groups -OCH3 is 1. The van der Waals surface area contributed by atoms with Crippen LogP contribution in [0.3, 0.4) is 0 Å². The summed E-state index contributed by atoms with van der Waals surface area (Å²) in [5.41, 5.74) is 1.92. The molecule has 3 heteroatoms. The maximum Gasteiger partial charge on any atom is 0.127 e. The molecular formula is C15H15NOS. The third kappa shape index (κ3) is 3.14. The van der Waals surface area contributed by atoms with Gasteiger partial charge in [0.1, 0.15) is 5.75 Å². The summed E-state index contributed by atoms with van der Waals surface area (Å²) >= 11 is 1.73. The number of para-hydroxylation sites is 1. The average Bonchev–Trinajstić information content (AvgIpc) is 2.46. The van der Waals surface area contributed by atoms with Crippen LogP contribution in [0.2, 0.25) is 0 Å². The summed E-state index contributed by atoms with van der Waals surface area (Å²) in [6, 6.07) is 16.0. The lowest BCUT2D eigenvalue weighted by molar-refractivity contribution is 0.414. The number of benzene rings is 2. The Bertz CT molecular complexity index is 534. The molecule has 0 amide bonds. The first-order chi connectivity index (χ1) is 8.83. The van der Waals surface area contributed by atoms with Crippen molar-refractivity contribution in [3.63, 3.8) is 0 Å². The Morgan fingerprint density at radius 3 is 2.44 bits per heavy atom. The molecule has 0 N–H and O–H groups in total. The molecule has 0 bridgehead atoms. The quantitative estimate of drug-likeness (QED) is 0.605. The number of thioether (sulfide) groups is 1. The minimum atomic E-state index is 0.835. The molecule has 2 nitrogen and oxygen atoms in total.